The van der Waals surface area contributed by atoms with Gasteiger partial charge in [0.25, 0.3) is 0 Å². The Labute approximate surface area is 117 Å². The molecule has 0 saturated carbocycles. The molecular weight excluding hydrogens is 259 g/mol. The highest BCUT2D eigenvalue weighted by Gasteiger charge is 2.07. The molecule has 3 N–H and O–H groups in total. The number of rotatable bonds is 4. The Morgan fingerprint density at radius 1 is 1.26 bits per heavy atom. The average molecular weight is 274 g/mol. The van der Waals surface area contributed by atoms with Crippen LogP contribution in [0.4, 0.5) is 15.8 Å². The lowest BCUT2D eigenvalue weighted by Crippen LogP contribution is -2.12. The third kappa shape index (κ3) is 3.29. The highest BCUT2D eigenvalue weighted by Crippen LogP contribution is 2.22. The van der Waals surface area contributed by atoms with Gasteiger partial charge in [0.2, 0.25) is 0 Å². The molecule has 0 radical (unpaired) electrons. The Morgan fingerprint density at radius 2 is 2.05 bits per heavy atom. The molecule has 0 spiro atoms. The Bertz CT molecular complexity index is 611. The number of thiocarbonyl (C=S) groups is 1. The zero-order valence-electron chi connectivity index (χ0n) is 10.6. The first-order chi connectivity index (χ1) is 9.10. The molecule has 2 aromatic rings. The second-order valence-corrected chi connectivity index (χ2v) is 4.67. The zero-order valence-corrected chi connectivity index (χ0v) is 11.4. The van der Waals surface area contributed by atoms with Gasteiger partial charge in [0.15, 0.2) is 0 Å². The molecule has 2 rings (SSSR count). The predicted molar refractivity (Wildman–Crippen MR) is 81.4 cm³/mol. The van der Waals surface area contributed by atoms with E-state index in [1.54, 1.807) is 6.07 Å². The summed E-state index contributed by atoms with van der Waals surface area (Å²) < 4.78 is 13.2. The molecule has 19 heavy (non-hydrogen) atoms. The van der Waals surface area contributed by atoms with Gasteiger partial charge in [-0.25, -0.2) is 4.39 Å². The highest BCUT2D eigenvalue weighted by atomic mass is 32.1. The Morgan fingerprint density at radius 3 is 2.74 bits per heavy atom. The maximum Gasteiger partial charge on any atom is 0.124 e. The lowest BCUT2D eigenvalue weighted by Gasteiger charge is -2.12. The van der Waals surface area contributed by atoms with Crippen LogP contribution in [0.2, 0.25) is 0 Å². The predicted octanol–water partition coefficient (Wildman–Crippen LogP) is 3.77. The van der Waals surface area contributed by atoms with Crippen LogP contribution >= 0.6 is 12.2 Å². The van der Waals surface area contributed by atoms with Crippen molar-refractivity contribution in [3.63, 3.8) is 0 Å². The number of nitrogens with two attached hydrogens (primary N) is 1. The summed E-state index contributed by atoms with van der Waals surface area (Å²) in [6.45, 7) is 2.09. The van der Waals surface area contributed by atoms with Gasteiger partial charge in [-0.2, -0.15) is 0 Å². The molecule has 0 amide bonds. The van der Waals surface area contributed by atoms with Gasteiger partial charge in [-0.05, 0) is 42.3 Å². The lowest BCUT2D eigenvalue weighted by molar-refractivity contribution is 0.628. The maximum absolute atomic E-state index is 13.2. The molecule has 2 aromatic carbocycles. The number of aryl methyl sites for hydroxylation is 1. The largest absolute Gasteiger partial charge is 0.389 e. The zero-order chi connectivity index (χ0) is 13.8. The van der Waals surface area contributed by atoms with Gasteiger partial charge in [-0.1, -0.05) is 31.3 Å². The summed E-state index contributed by atoms with van der Waals surface area (Å²) in [5.41, 5.74) is 9.00. The molecule has 0 bridgehead atoms. The number of anilines is 2. The summed E-state index contributed by atoms with van der Waals surface area (Å²) in [7, 11) is 0. The van der Waals surface area contributed by atoms with E-state index in [-0.39, 0.29) is 10.8 Å². The summed E-state index contributed by atoms with van der Waals surface area (Å²) in [6.07, 6.45) is 0.959. The smallest absolute Gasteiger partial charge is 0.124 e. The fraction of sp³-hybridized carbons (Fsp3) is 0.133. The molecular formula is C15H15FN2S. The van der Waals surface area contributed by atoms with Crippen LogP contribution < -0.4 is 11.1 Å². The number of hydrogen-bond donors (Lipinski definition) is 2. The maximum atomic E-state index is 13.2. The number of halogens is 1. The van der Waals surface area contributed by atoms with E-state index in [0.29, 0.717) is 11.3 Å². The SMILES string of the molecule is CCc1cccc(Nc2ccc(F)cc2C(N)=S)c1. The Balaban J connectivity index is 2.34. The summed E-state index contributed by atoms with van der Waals surface area (Å²) >= 11 is 4.95. The van der Waals surface area contributed by atoms with Crippen molar-refractivity contribution in [1.82, 2.24) is 0 Å². The van der Waals surface area contributed by atoms with Gasteiger partial charge in [-0.3, -0.25) is 0 Å². The van der Waals surface area contributed by atoms with Crippen molar-refractivity contribution >= 4 is 28.6 Å². The van der Waals surface area contributed by atoms with Gasteiger partial charge < -0.3 is 11.1 Å². The van der Waals surface area contributed by atoms with Crippen LogP contribution in [0.3, 0.4) is 0 Å². The van der Waals surface area contributed by atoms with Crippen LogP contribution in [0.25, 0.3) is 0 Å². The van der Waals surface area contributed by atoms with Crippen molar-refractivity contribution < 1.29 is 4.39 Å². The minimum atomic E-state index is -0.351. The van der Waals surface area contributed by atoms with E-state index < -0.39 is 0 Å². The molecule has 0 unspecified atom stereocenters. The molecule has 4 heteroatoms. The fourth-order valence-electron chi connectivity index (χ4n) is 1.85. The van der Waals surface area contributed by atoms with Crippen molar-refractivity contribution in [2.24, 2.45) is 5.73 Å². The molecule has 0 heterocycles. The normalized spacial score (nSPS) is 10.2. The van der Waals surface area contributed by atoms with Crippen molar-refractivity contribution in [2.45, 2.75) is 13.3 Å². The minimum Gasteiger partial charge on any atom is -0.389 e. The quantitative estimate of drug-likeness (QED) is 0.834. The van der Waals surface area contributed by atoms with Crippen LogP contribution in [0.1, 0.15) is 18.1 Å². The highest BCUT2D eigenvalue weighted by molar-refractivity contribution is 7.80. The number of nitrogens with one attached hydrogen (secondary N) is 1. The summed E-state index contributed by atoms with van der Waals surface area (Å²) in [5, 5.41) is 3.22. The van der Waals surface area contributed by atoms with Crippen molar-refractivity contribution in [1.29, 1.82) is 0 Å². The van der Waals surface area contributed by atoms with Gasteiger partial charge in [0.1, 0.15) is 10.8 Å². The third-order valence-corrected chi connectivity index (χ3v) is 3.08. The van der Waals surface area contributed by atoms with Gasteiger partial charge in [0, 0.05) is 16.9 Å². The Hall–Kier alpha value is -1.94. The first-order valence-corrected chi connectivity index (χ1v) is 6.46. The molecule has 0 aromatic heterocycles. The van der Waals surface area contributed by atoms with E-state index in [1.807, 2.05) is 18.2 Å². The van der Waals surface area contributed by atoms with Crippen molar-refractivity contribution in [2.75, 3.05) is 5.32 Å². The Kier molecular flexibility index (Phi) is 4.12. The molecule has 0 aliphatic carbocycles. The van der Waals surface area contributed by atoms with Crippen LogP contribution in [0, 0.1) is 5.82 Å². The number of benzene rings is 2. The minimum absolute atomic E-state index is 0.175. The van der Waals surface area contributed by atoms with Crippen molar-refractivity contribution in [3.05, 3.63) is 59.4 Å². The topological polar surface area (TPSA) is 38.0 Å². The average Bonchev–Trinajstić information content (AvgIpc) is 2.41. The van der Waals surface area contributed by atoms with Gasteiger partial charge >= 0.3 is 0 Å². The lowest BCUT2D eigenvalue weighted by atomic mass is 10.1. The van der Waals surface area contributed by atoms with Crippen LogP contribution in [-0.2, 0) is 6.42 Å². The molecule has 0 fully saturated rings. The monoisotopic (exact) mass is 274 g/mol. The van der Waals surface area contributed by atoms with E-state index >= 15 is 0 Å². The number of hydrogen-bond acceptors (Lipinski definition) is 2. The molecule has 0 saturated heterocycles. The van der Waals surface area contributed by atoms with E-state index in [0.717, 1.165) is 12.1 Å². The molecule has 0 aliphatic heterocycles. The molecule has 2 nitrogen and oxygen atoms in total. The summed E-state index contributed by atoms with van der Waals surface area (Å²) in [6, 6.07) is 12.4. The standard InChI is InChI=1S/C15H15FN2S/c1-2-10-4-3-5-12(8-10)18-14-7-6-11(16)9-13(14)15(17)19/h3-9,18H,2H2,1H3,(H2,17,19). The van der Waals surface area contributed by atoms with Crippen molar-refractivity contribution in [3.8, 4) is 0 Å². The van der Waals surface area contributed by atoms with Crippen LogP contribution in [0.5, 0.6) is 0 Å². The molecule has 98 valence electrons. The van der Waals surface area contributed by atoms with E-state index in [1.165, 1.54) is 17.7 Å². The van der Waals surface area contributed by atoms with E-state index in [9.17, 15) is 4.39 Å². The molecule has 0 atom stereocenters. The fourth-order valence-corrected chi connectivity index (χ4v) is 2.02. The third-order valence-electron chi connectivity index (χ3n) is 2.86. The molecule has 0 aliphatic rings. The van der Waals surface area contributed by atoms with E-state index in [4.69, 9.17) is 18.0 Å². The van der Waals surface area contributed by atoms with E-state index in [2.05, 4.69) is 18.3 Å². The first-order valence-electron chi connectivity index (χ1n) is 6.05. The van der Waals surface area contributed by atoms with Crippen LogP contribution in [0.15, 0.2) is 42.5 Å². The van der Waals surface area contributed by atoms with Gasteiger partial charge in [0.05, 0.1) is 0 Å². The van der Waals surface area contributed by atoms with Crippen LogP contribution in [-0.4, -0.2) is 4.99 Å². The second kappa shape index (κ2) is 5.80. The first kappa shape index (κ1) is 13.5. The summed E-state index contributed by atoms with van der Waals surface area (Å²) in [4.78, 5) is 0.175. The second-order valence-electron chi connectivity index (χ2n) is 4.23. The van der Waals surface area contributed by atoms with Gasteiger partial charge in [-0.15, -0.1) is 0 Å². The summed E-state index contributed by atoms with van der Waals surface area (Å²) in [5.74, 6) is -0.351.